The van der Waals surface area contributed by atoms with Crippen LogP contribution in [0.4, 0.5) is 0 Å². The molecule has 0 spiro atoms. The maximum atomic E-state index is 12.4. The van der Waals surface area contributed by atoms with E-state index in [9.17, 15) is 4.79 Å². The van der Waals surface area contributed by atoms with Gasteiger partial charge >= 0.3 is 0 Å². The zero-order valence-corrected chi connectivity index (χ0v) is 13.6. The lowest BCUT2D eigenvalue weighted by Gasteiger charge is -2.14. The summed E-state index contributed by atoms with van der Waals surface area (Å²) < 4.78 is 16.0. The zero-order chi connectivity index (χ0) is 16.5. The Morgan fingerprint density at radius 3 is 3.00 bits per heavy atom. The summed E-state index contributed by atoms with van der Waals surface area (Å²) >= 11 is 1.37. The van der Waals surface area contributed by atoms with Crippen molar-refractivity contribution in [3.63, 3.8) is 0 Å². The Hall–Kier alpha value is -2.80. The van der Waals surface area contributed by atoms with Crippen molar-refractivity contribution in [3.8, 4) is 22.3 Å². The van der Waals surface area contributed by atoms with Gasteiger partial charge in [0.25, 0.3) is 5.91 Å². The van der Waals surface area contributed by atoms with Gasteiger partial charge in [0.15, 0.2) is 22.3 Å². The number of rotatable bonds is 4. The number of nitrogens with zero attached hydrogens (tertiary/aromatic N) is 1. The highest BCUT2D eigenvalue weighted by atomic mass is 32.1. The number of carbonyl (C=O) groups excluding carboxylic acids is 1. The summed E-state index contributed by atoms with van der Waals surface area (Å²) in [6.45, 7) is 2.14. The van der Waals surface area contributed by atoms with Crippen LogP contribution in [0.1, 0.15) is 29.0 Å². The Morgan fingerprint density at radius 1 is 1.29 bits per heavy atom. The first-order valence-corrected chi connectivity index (χ1v) is 8.28. The minimum Gasteiger partial charge on any atom is -0.462 e. The number of thiazole rings is 1. The van der Waals surface area contributed by atoms with Crippen molar-refractivity contribution in [2.45, 2.75) is 13.0 Å². The Morgan fingerprint density at radius 2 is 2.17 bits per heavy atom. The van der Waals surface area contributed by atoms with Crippen molar-refractivity contribution in [3.05, 3.63) is 53.2 Å². The normalized spacial score (nSPS) is 13.7. The van der Waals surface area contributed by atoms with Gasteiger partial charge in [-0.15, -0.1) is 11.3 Å². The van der Waals surface area contributed by atoms with E-state index in [2.05, 4.69) is 10.3 Å². The van der Waals surface area contributed by atoms with E-state index in [0.717, 1.165) is 11.3 Å². The number of amides is 1. The molecular weight excluding hydrogens is 328 g/mol. The molecular formula is C17H14N2O4S. The third kappa shape index (κ3) is 2.74. The summed E-state index contributed by atoms with van der Waals surface area (Å²) in [5, 5.41) is 5.34. The van der Waals surface area contributed by atoms with E-state index in [1.165, 1.54) is 11.3 Å². The van der Waals surface area contributed by atoms with E-state index in [0.29, 0.717) is 22.2 Å². The van der Waals surface area contributed by atoms with Crippen LogP contribution in [-0.2, 0) is 0 Å². The molecule has 1 amide bonds. The second-order valence-electron chi connectivity index (χ2n) is 5.32. The number of hydrogen-bond donors (Lipinski definition) is 1. The third-order valence-electron chi connectivity index (χ3n) is 3.71. The molecule has 0 bridgehead atoms. The molecule has 7 heteroatoms. The van der Waals surface area contributed by atoms with Gasteiger partial charge in [-0.25, -0.2) is 4.98 Å². The molecule has 0 saturated heterocycles. The Bertz CT molecular complexity index is 873. The van der Waals surface area contributed by atoms with Gasteiger partial charge in [0.05, 0.1) is 12.3 Å². The second kappa shape index (κ2) is 6.01. The summed E-state index contributed by atoms with van der Waals surface area (Å²) in [7, 11) is 0. The molecule has 1 N–H and O–H groups in total. The van der Waals surface area contributed by atoms with Gasteiger partial charge in [-0.3, -0.25) is 4.79 Å². The monoisotopic (exact) mass is 342 g/mol. The Balaban J connectivity index is 1.47. The third-order valence-corrected chi connectivity index (χ3v) is 4.57. The number of fused-ring (bicyclic) bond motifs is 1. The molecule has 0 unspecified atom stereocenters. The number of benzene rings is 1. The fourth-order valence-corrected chi connectivity index (χ4v) is 3.19. The largest absolute Gasteiger partial charge is 0.462 e. The van der Waals surface area contributed by atoms with Gasteiger partial charge in [-0.05, 0) is 36.8 Å². The maximum absolute atomic E-state index is 12.4. The lowest BCUT2D eigenvalue weighted by molar-refractivity contribution is 0.0935. The van der Waals surface area contributed by atoms with E-state index < -0.39 is 0 Å². The van der Waals surface area contributed by atoms with Crippen molar-refractivity contribution in [1.82, 2.24) is 10.3 Å². The molecule has 0 fully saturated rings. The van der Waals surface area contributed by atoms with Crippen LogP contribution in [-0.4, -0.2) is 17.7 Å². The van der Waals surface area contributed by atoms with Crippen LogP contribution in [0, 0.1) is 0 Å². The lowest BCUT2D eigenvalue weighted by atomic mass is 10.1. The van der Waals surface area contributed by atoms with Crippen molar-refractivity contribution in [2.24, 2.45) is 0 Å². The first-order chi connectivity index (χ1) is 11.7. The summed E-state index contributed by atoms with van der Waals surface area (Å²) in [6, 6.07) is 9.06. The van der Waals surface area contributed by atoms with Crippen LogP contribution in [0.2, 0.25) is 0 Å². The van der Waals surface area contributed by atoms with Crippen LogP contribution < -0.4 is 14.8 Å². The molecule has 24 heavy (non-hydrogen) atoms. The van der Waals surface area contributed by atoms with E-state index in [1.807, 2.05) is 31.2 Å². The summed E-state index contributed by atoms with van der Waals surface area (Å²) in [4.78, 5) is 16.7. The molecule has 1 atom stereocenters. The molecule has 3 heterocycles. The molecule has 1 aromatic carbocycles. The molecule has 0 saturated carbocycles. The smallest absolute Gasteiger partial charge is 0.271 e. The predicted octanol–water partition coefficient (Wildman–Crippen LogP) is 3.62. The van der Waals surface area contributed by atoms with Crippen LogP contribution in [0.15, 0.2) is 46.4 Å². The molecule has 6 nitrogen and oxygen atoms in total. The summed E-state index contributed by atoms with van der Waals surface area (Å²) in [5.41, 5.74) is 1.31. The first kappa shape index (κ1) is 14.8. The highest BCUT2D eigenvalue weighted by molar-refractivity contribution is 7.13. The quantitative estimate of drug-likeness (QED) is 0.784. The number of carbonyl (C=O) groups is 1. The number of hydrogen-bond acceptors (Lipinski definition) is 6. The molecule has 4 rings (SSSR count). The topological polar surface area (TPSA) is 73.6 Å². The molecule has 3 aromatic rings. The number of aromatic nitrogens is 1. The van der Waals surface area contributed by atoms with Gasteiger partial charge in [0.1, 0.15) is 5.69 Å². The predicted molar refractivity (Wildman–Crippen MR) is 88.3 cm³/mol. The number of furan rings is 1. The van der Waals surface area contributed by atoms with E-state index in [1.54, 1.807) is 17.7 Å². The maximum Gasteiger partial charge on any atom is 0.271 e. The Labute approximate surface area is 142 Å². The molecule has 1 aliphatic rings. The van der Waals surface area contributed by atoms with E-state index in [-0.39, 0.29) is 18.7 Å². The fourth-order valence-electron chi connectivity index (χ4n) is 2.43. The zero-order valence-electron chi connectivity index (χ0n) is 12.8. The molecule has 2 aromatic heterocycles. The Kier molecular flexibility index (Phi) is 3.70. The van der Waals surface area contributed by atoms with Gasteiger partial charge in [0.2, 0.25) is 6.79 Å². The number of ether oxygens (including phenoxy) is 2. The number of nitrogens with one attached hydrogen (secondary N) is 1. The second-order valence-corrected chi connectivity index (χ2v) is 6.18. The summed E-state index contributed by atoms with van der Waals surface area (Å²) in [5.74, 6) is 1.85. The fraction of sp³-hybridized carbons (Fsp3) is 0.176. The van der Waals surface area contributed by atoms with Crippen LogP contribution in [0.5, 0.6) is 11.5 Å². The van der Waals surface area contributed by atoms with Crippen LogP contribution in [0.25, 0.3) is 10.8 Å². The highest BCUT2D eigenvalue weighted by Crippen LogP contribution is 2.34. The van der Waals surface area contributed by atoms with Crippen molar-refractivity contribution in [2.75, 3.05) is 6.79 Å². The standard InChI is InChI=1S/C17H14N2O4S/c1-10(11-4-5-13-15(7-11)23-9-22-13)18-16(20)12-8-24-17(19-12)14-3-2-6-21-14/h2-8,10H,9H2,1H3,(H,18,20)/t10-/m0/s1. The van der Waals surface area contributed by atoms with Crippen LogP contribution >= 0.6 is 11.3 Å². The van der Waals surface area contributed by atoms with Gasteiger partial charge in [0, 0.05) is 5.38 Å². The summed E-state index contributed by atoms with van der Waals surface area (Å²) in [6.07, 6.45) is 1.58. The van der Waals surface area contributed by atoms with E-state index >= 15 is 0 Å². The molecule has 0 aliphatic carbocycles. The van der Waals surface area contributed by atoms with Gasteiger partial charge in [-0.2, -0.15) is 0 Å². The van der Waals surface area contributed by atoms with Crippen molar-refractivity contribution >= 4 is 17.2 Å². The highest BCUT2D eigenvalue weighted by Gasteiger charge is 2.19. The minimum absolute atomic E-state index is 0.180. The average molecular weight is 342 g/mol. The van der Waals surface area contributed by atoms with Gasteiger partial charge < -0.3 is 19.2 Å². The van der Waals surface area contributed by atoms with Crippen molar-refractivity contribution < 1.29 is 18.7 Å². The molecule has 1 aliphatic heterocycles. The molecule has 0 radical (unpaired) electrons. The minimum atomic E-state index is -0.228. The van der Waals surface area contributed by atoms with Gasteiger partial charge in [-0.1, -0.05) is 6.07 Å². The van der Waals surface area contributed by atoms with Crippen molar-refractivity contribution in [1.29, 1.82) is 0 Å². The lowest BCUT2D eigenvalue weighted by Crippen LogP contribution is -2.26. The SMILES string of the molecule is C[C@H](NC(=O)c1csc(-c2ccco2)n1)c1ccc2c(c1)OCO2. The molecule has 122 valence electrons. The van der Waals surface area contributed by atoms with Crippen LogP contribution in [0.3, 0.4) is 0 Å². The first-order valence-electron chi connectivity index (χ1n) is 7.40. The average Bonchev–Trinajstić information content (AvgIpc) is 3.32. The van der Waals surface area contributed by atoms with E-state index in [4.69, 9.17) is 13.9 Å².